The number of aryl methyl sites for hydroxylation is 1. The van der Waals surface area contributed by atoms with Gasteiger partial charge < -0.3 is 10.6 Å². The highest BCUT2D eigenvalue weighted by Crippen LogP contribution is 2.20. The lowest BCUT2D eigenvalue weighted by molar-refractivity contribution is 0.251. The summed E-state index contributed by atoms with van der Waals surface area (Å²) in [5.74, 6) is 9.88. The Bertz CT molecular complexity index is 433. The van der Waals surface area contributed by atoms with E-state index in [1.54, 1.807) is 25.1 Å². The third-order valence-corrected chi connectivity index (χ3v) is 2.01. The average molecular weight is 238 g/mol. The number of hydrogen-bond acceptors (Lipinski definition) is 4. The first-order chi connectivity index (χ1) is 8.06. The lowest BCUT2D eigenvalue weighted by Crippen LogP contribution is -2.35. The van der Waals surface area contributed by atoms with Crippen LogP contribution in [0.5, 0.6) is 0 Å². The molecule has 0 bridgehead atoms. The second-order valence-corrected chi connectivity index (χ2v) is 3.23. The largest absolute Gasteiger partial charge is 0.333 e. The number of anilines is 2. The van der Waals surface area contributed by atoms with Gasteiger partial charge >= 0.3 is 12.1 Å². The molecule has 0 atom stereocenters. The molecule has 4 amide bonds. The van der Waals surface area contributed by atoms with Crippen LogP contribution in [-0.4, -0.2) is 12.1 Å². The number of rotatable bonds is 2. The Morgan fingerprint density at radius 2 is 1.65 bits per heavy atom. The minimum atomic E-state index is -0.553. The molecule has 8 heteroatoms. The van der Waals surface area contributed by atoms with Gasteiger partial charge in [0.25, 0.3) is 0 Å². The predicted octanol–water partition coefficient (Wildman–Crippen LogP) is -0.0146. The number of hydrogen-bond donors (Lipinski definition) is 6. The van der Waals surface area contributed by atoms with Gasteiger partial charge in [0.05, 0.1) is 0 Å². The number of benzene rings is 1. The normalized spacial score (nSPS) is 9.35. The molecule has 92 valence electrons. The molecule has 0 aliphatic heterocycles. The summed E-state index contributed by atoms with van der Waals surface area (Å²) in [6, 6.07) is 3.89. The molecule has 0 aliphatic rings. The van der Waals surface area contributed by atoms with E-state index in [0.717, 1.165) is 5.56 Å². The van der Waals surface area contributed by atoms with Crippen LogP contribution in [0, 0.1) is 6.92 Å². The molecule has 0 aromatic heterocycles. The smallest absolute Gasteiger partial charge is 0.307 e. The lowest BCUT2D eigenvalue weighted by Gasteiger charge is -2.10. The Labute approximate surface area is 97.7 Å². The van der Waals surface area contributed by atoms with Crippen LogP contribution in [0.2, 0.25) is 0 Å². The van der Waals surface area contributed by atoms with Gasteiger partial charge in [0.1, 0.15) is 0 Å². The summed E-state index contributed by atoms with van der Waals surface area (Å²) >= 11 is 0. The van der Waals surface area contributed by atoms with Gasteiger partial charge in [0.2, 0.25) is 0 Å². The standard InChI is InChI=1S/C9H14N6O2/c1-5-2-3-6(12-8(16)14-10)4-7(5)13-9(17)15-11/h2-4H,10-11H2,1H3,(H2,12,14,16)(H2,13,15,17). The van der Waals surface area contributed by atoms with E-state index in [0.29, 0.717) is 11.4 Å². The Kier molecular flexibility index (Phi) is 4.26. The van der Waals surface area contributed by atoms with Crippen molar-refractivity contribution < 1.29 is 9.59 Å². The van der Waals surface area contributed by atoms with Crippen LogP contribution in [0.4, 0.5) is 21.0 Å². The van der Waals surface area contributed by atoms with Crippen molar-refractivity contribution in [1.29, 1.82) is 0 Å². The van der Waals surface area contributed by atoms with Crippen LogP contribution < -0.4 is 33.2 Å². The Morgan fingerprint density at radius 3 is 2.24 bits per heavy atom. The Hall–Kier alpha value is -2.32. The van der Waals surface area contributed by atoms with Crippen LogP contribution in [-0.2, 0) is 0 Å². The fourth-order valence-corrected chi connectivity index (χ4v) is 1.16. The molecule has 1 rings (SSSR count). The van der Waals surface area contributed by atoms with Crippen molar-refractivity contribution in [1.82, 2.24) is 10.9 Å². The molecular weight excluding hydrogens is 224 g/mol. The summed E-state index contributed by atoms with van der Waals surface area (Å²) in [7, 11) is 0. The zero-order valence-electron chi connectivity index (χ0n) is 9.20. The minimum Gasteiger partial charge on any atom is -0.307 e. The van der Waals surface area contributed by atoms with Gasteiger partial charge in [-0.05, 0) is 24.6 Å². The highest BCUT2D eigenvalue weighted by Gasteiger charge is 2.05. The van der Waals surface area contributed by atoms with Gasteiger partial charge in [-0.15, -0.1) is 0 Å². The van der Waals surface area contributed by atoms with Crippen LogP contribution >= 0.6 is 0 Å². The number of nitrogens with one attached hydrogen (secondary N) is 4. The molecule has 0 heterocycles. The van der Waals surface area contributed by atoms with Crippen LogP contribution in [0.25, 0.3) is 0 Å². The van der Waals surface area contributed by atoms with Crippen LogP contribution in [0.15, 0.2) is 18.2 Å². The highest BCUT2D eigenvalue weighted by atomic mass is 16.2. The van der Waals surface area contributed by atoms with E-state index in [-0.39, 0.29) is 0 Å². The van der Waals surface area contributed by atoms with E-state index in [9.17, 15) is 9.59 Å². The van der Waals surface area contributed by atoms with Gasteiger partial charge in [-0.1, -0.05) is 6.07 Å². The minimum absolute atomic E-state index is 0.492. The van der Waals surface area contributed by atoms with Gasteiger partial charge in [-0.3, -0.25) is 10.9 Å². The molecule has 0 saturated carbocycles. The number of hydrazine groups is 2. The van der Waals surface area contributed by atoms with Crippen molar-refractivity contribution in [3.63, 3.8) is 0 Å². The van der Waals surface area contributed by atoms with E-state index in [2.05, 4.69) is 10.6 Å². The van der Waals surface area contributed by atoms with Crippen molar-refractivity contribution in [2.45, 2.75) is 6.92 Å². The summed E-state index contributed by atoms with van der Waals surface area (Å²) in [4.78, 5) is 22.0. The maximum Gasteiger partial charge on any atom is 0.333 e. The second kappa shape index (κ2) is 5.68. The number of nitrogens with two attached hydrogens (primary N) is 2. The summed E-state index contributed by atoms with van der Waals surface area (Å²) in [6.45, 7) is 1.80. The molecule has 8 nitrogen and oxygen atoms in total. The maximum absolute atomic E-state index is 11.1. The molecule has 0 aliphatic carbocycles. The SMILES string of the molecule is Cc1ccc(NC(=O)NN)cc1NC(=O)NN. The molecular formula is C9H14N6O2. The zero-order valence-corrected chi connectivity index (χ0v) is 9.20. The van der Waals surface area contributed by atoms with Gasteiger partial charge in [-0.2, -0.15) is 0 Å². The fourth-order valence-electron chi connectivity index (χ4n) is 1.16. The van der Waals surface area contributed by atoms with E-state index < -0.39 is 12.1 Å². The molecule has 0 fully saturated rings. The average Bonchev–Trinajstić information content (AvgIpc) is 2.33. The third-order valence-electron chi connectivity index (χ3n) is 2.01. The van der Waals surface area contributed by atoms with Crippen molar-refractivity contribution in [3.05, 3.63) is 23.8 Å². The Morgan fingerprint density at radius 1 is 1.06 bits per heavy atom. The summed E-state index contributed by atoms with van der Waals surface area (Å²) in [5, 5.41) is 4.99. The van der Waals surface area contributed by atoms with E-state index >= 15 is 0 Å². The third kappa shape index (κ3) is 3.63. The van der Waals surface area contributed by atoms with Crippen molar-refractivity contribution in [2.75, 3.05) is 10.6 Å². The predicted molar refractivity (Wildman–Crippen MR) is 63.9 cm³/mol. The molecule has 1 aromatic carbocycles. The van der Waals surface area contributed by atoms with E-state index in [4.69, 9.17) is 11.7 Å². The molecule has 0 spiro atoms. The van der Waals surface area contributed by atoms with Crippen molar-refractivity contribution >= 4 is 23.4 Å². The highest BCUT2D eigenvalue weighted by molar-refractivity contribution is 5.93. The first kappa shape index (κ1) is 12.7. The Balaban J connectivity index is 2.86. The molecule has 8 N–H and O–H groups in total. The van der Waals surface area contributed by atoms with E-state index in [1.807, 2.05) is 10.9 Å². The summed E-state index contributed by atoms with van der Waals surface area (Å²) < 4.78 is 0. The second-order valence-electron chi connectivity index (χ2n) is 3.23. The first-order valence-electron chi connectivity index (χ1n) is 4.72. The number of urea groups is 2. The molecule has 1 aromatic rings. The van der Waals surface area contributed by atoms with Gasteiger partial charge in [0.15, 0.2) is 0 Å². The zero-order chi connectivity index (χ0) is 12.8. The first-order valence-corrected chi connectivity index (χ1v) is 4.72. The van der Waals surface area contributed by atoms with Crippen molar-refractivity contribution in [3.8, 4) is 0 Å². The molecule has 0 saturated heterocycles. The summed E-state index contributed by atoms with van der Waals surface area (Å²) in [5.41, 5.74) is 5.72. The molecule has 0 radical (unpaired) electrons. The number of carbonyl (C=O) groups is 2. The topological polar surface area (TPSA) is 134 Å². The monoisotopic (exact) mass is 238 g/mol. The maximum atomic E-state index is 11.1. The fraction of sp³-hybridized carbons (Fsp3) is 0.111. The molecule has 0 unspecified atom stereocenters. The molecule has 17 heavy (non-hydrogen) atoms. The van der Waals surface area contributed by atoms with Crippen LogP contribution in [0.1, 0.15) is 5.56 Å². The number of carbonyl (C=O) groups excluding carboxylic acids is 2. The van der Waals surface area contributed by atoms with Crippen molar-refractivity contribution in [2.24, 2.45) is 11.7 Å². The van der Waals surface area contributed by atoms with Gasteiger partial charge in [0, 0.05) is 11.4 Å². The van der Waals surface area contributed by atoms with Gasteiger partial charge in [-0.25, -0.2) is 21.3 Å². The van der Waals surface area contributed by atoms with E-state index in [1.165, 1.54) is 0 Å². The van der Waals surface area contributed by atoms with Crippen LogP contribution in [0.3, 0.4) is 0 Å². The quantitative estimate of drug-likeness (QED) is 0.245. The number of amides is 4. The summed E-state index contributed by atoms with van der Waals surface area (Å²) in [6.07, 6.45) is 0. The lowest BCUT2D eigenvalue weighted by atomic mass is 10.2.